The average molecular weight is 275 g/mol. The van der Waals surface area contributed by atoms with Crippen molar-refractivity contribution < 1.29 is 4.42 Å². The van der Waals surface area contributed by atoms with Crippen LogP contribution in [0.2, 0.25) is 0 Å². The van der Waals surface area contributed by atoms with E-state index < -0.39 is 0 Å². The number of aryl methyl sites for hydroxylation is 1. The lowest BCUT2D eigenvalue weighted by molar-refractivity contribution is 0.536. The van der Waals surface area contributed by atoms with Crippen molar-refractivity contribution in [3.63, 3.8) is 0 Å². The number of nitrogens with zero attached hydrogens (tertiary/aromatic N) is 3. The fourth-order valence-corrected chi connectivity index (χ4v) is 2.54. The minimum absolute atomic E-state index is 0.785. The van der Waals surface area contributed by atoms with Crippen molar-refractivity contribution in [2.24, 2.45) is 0 Å². The second-order valence-electron chi connectivity index (χ2n) is 4.89. The molecule has 3 heterocycles. The Morgan fingerprint density at radius 2 is 2.00 bits per heavy atom. The van der Waals surface area contributed by atoms with Crippen molar-refractivity contribution in [3.8, 4) is 17.0 Å². The van der Waals surface area contributed by atoms with Crippen LogP contribution in [0.5, 0.6) is 0 Å². The van der Waals surface area contributed by atoms with Gasteiger partial charge in [-0.1, -0.05) is 12.1 Å². The van der Waals surface area contributed by atoms with Gasteiger partial charge in [-0.05, 0) is 36.8 Å². The molecule has 0 saturated heterocycles. The number of hydrogen-bond donors (Lipinski definition) is 0. The molecule has 21 heavy (non-hydrogen) atoms. The van der Waals surface area contributed by atoms with Crippen molar-refractivity contribution in [2.45, 2.75) is 6.92 Å². The molecule has 4 nitrogen and oxygen atoms in total. The van der Waals surface area contributed by atoms with Crippen LogP contribution in [0, 0.1) is 6.92 Å². The van der Waals surface area contributed by atoms with Crippen molar-refractivity contribution in [3.05, 3.63) is 67.1 Å². The molecule has 0 aliphatic rings. The van der Waals surface area contributed by atoms with E-state index in [2.05, 4.69) is 28.2 Å². The lowest BCUT2D eigenvalue weighted by atomic mass is 10.1. The molecular formula is C17H13N3O. The van der Waals surface area contributed by atoms with Gasteiger partial charge in [0.15, 0.2) is 0 Å². The Morgan fingerprint density at radius 3 is 2.86 bits per heavy atom. The van der Waals surface area contributed by atoms with E-state index in [1.54, 1.807) is 18.7 Å². The van der Waals surface area contributed by atoms with E-state index >= 15 is 0 Å². The number of imidazole rings is 1. The first kappa shape index (κ1) is 11.9. The maximum Gasteiger partial charge on any atom is 0.212 e. The Hall–Kier alpha value is -2.88. The monoisotopic (exact) mass is 275 g/mol. The predicted octanol–water partition coefficient (Wildman–Crippen LogP) is 3.99. The van der Waals surface area contributed by atoms with Crippen molar-refractivity contribution in [2.75, 3.05) is 0 Å². The van der Waals surface area contributed by atoms with E-state index in [0.29, 0.717) is 0 Å². The summed E-state index contributed by atoms with van der Waals surface area (Å²) in [5.74, 6) is 1.68. The zero-order chi connectivity index (χ0) is 14.2. The van der Waals surface area contributed by atoms with E-state index in [4.69, 9.17) is 4.42 Å². The molecule has 0 unspecified atom stereocenters. The zero-order valence-corrected chi connectivity index (χ0v) is 11.5. The van der Waals surface area contributed by atoms with Crippen LogP contribution >= 0.6 is 0 Å². The van der Waals surface area contributed by atoms with Gasteiger partial charge in [-0.15, -0.1) is 0 Å². The van der Waals surface area contributed by atoms with Crippen molar-refractivity contribution >= 4 is 10.9 Å². The molecule has 0 amide bonds. The maximum atomic E-state index is 5.66. The number of rotatable bonds is 2. The van der Waals surface area contributed by atoms with Crippen LogP contribution in [0.4, 0.5) is 0 Å². The number of aromatic nitrogens is 3. The molecule has 0 bridgehead atoms. The van der Waals surface area contributed by atoms with Crippen LogP contribution in [0.25, 0.3) is 27.9 Å². The Labute approximate surface area is 121 Å². The highest BCUT2D eigenvalue weighted by molar-refractivity contribution is 5.85. The topological polar surface area (TPSA) is 43.9 Å². The molecule has 0 N–H and O–H groups in total. The van der Waals surface area contributed by atoms with Crippen LogP contribution in [-0.2, 0) is 0 Å². The van der Waals surface area contributed by atoms with Crippen molar-refractivity contribution in [1.29, 1.82) is 0 Å². The predicted molar refractivity (Wildman–Crippen MR) is 81.3 cm³/mol. The SMILES string of the molecule is Cc1nccn1-c1occc1-c1ccc2ncccc2c1. The maximum absolute atomic E-state index is 5.66. The van der Waals surface area contributed by atoms with E-state index in [-0.39, 0.29) is 0 Å². The lowest BCUT2D eigenvalue weighted by Gasteiger charge is -2.06. The third-order valence-corrected chi connectivity index (χ3v) is 3.60. The molecule has 0 aliphatic carbocycles. The van der Waals surface area contributed by atoms with E-state index in [1.807, 2.05) is 35.9 Å². The molecule has 0 atom stereocenters. The third-order valence-electron chi connectivity index (χ3n) is 3.60. The summed E-state index contributed by atoms with van der Waals surface area (Å²) in [4.78, 5) is 8.60. The van der Waals surface area contributed by atoms with Gasteiger partial charge in [0.25, 0.3) is 0 Å². The van der Waals surface area contributed by atoms with Gasteiger partial charge in [-0.2, -0.15) is 0 Å². The molecule has 4 aromatic rings. The number of pyridine rings is 1. The van der Waals surface area contributed by atoms with E-state index in [1.165, 1.54) is 0 Å². The van der Waals surface area contributed by atoms with Gasteiger partial charge in [-0.25, -0.2) is 4.98 Å². The minimum Gasteiger partial charge on any atom is -0.447 e. The Balaban J connectivity index is 1.90. The zero-order valence-electron chi connectivity index (χ0n) is 11.5. The number of hydrogen-bond acceptors (Lipinski definition) is 3. The fraction of sp³-hybridized carbons (Fsp3) is 0.0588. The summed E-state index contributed by atoms with van der Waals surface area (Å²) >= 11 is 0. The minimum atomic E-state index is 0.785. The fourth-order valence-electron chi connectivity index (χ4n) is 2.54. The smallest absolute Gasteiger partial charge is 0.212 e. The summed E-state index contributed by atoms with van der Waals surface area (Å²) in [6.07, 6.45) is 7.18. The molecule has 0 fully saturated rings. The van der Waals surface area contributed by atoms with Crippen LogP contribution in [-0.4, -0.2) is 14.5 Å². The second kappa shape index (κ2) is 4.59. The van der Waals surface area contributed by atoms with Crippen LogP contribution in [0.3, 0.4) is 0 Å². The standard InChI is InChI=1S/C17H13N3O/c1-12-18-8-9-20(12)17-15(6-10-21-17)13-4-5-16-14(11-13)3-2-7-19-16/h2-11H,1H3. The lowest BCUT2D eigenvalue weighted by Crippen LogP contribution is -1.95. The van der Waals surface area contributed by atoms with Crippen molar-refractivity contribution in [1.82, 2.24) is 14.5 Å². The van der Waals surface area contributed by atoms with Crippen LogP contribution < -0.4 is 0 Å². The van der Waals surface area contributed by atoms with Gasteiger partial charge in [0, 0.05) is 29.5 Å². The molecule has 0 aliphatic heterocycles. The molecule has 3 aromatic heterocycles. The van der Waals surface area contributed by atoms with Gasteiger partial charge < -0.3 is 4.42 Å². The highest BCUT2D eigenvalue weighted by Gasteiger charge is 2.12. The van der Waals surface area contributed by atoms with Gasteiger partial charge in [-0.3, -0.25) is 9.55 Å². The third kappa shape index (κ3) is 1.92. The van der Waals surface area contributed by atoms with Gasteiger partial charge in [0.1, 0.15) is 5.82 Å². The first-order valence-electron chi connectivity index (χ1n) is 6.76. The Morgan fingerprint density at radius 1 is 1.05 bits per heavy atom. The number of benzene rings is 1. The molecule has 0 radical (unpaired) electrons. The quantitative estimate of drug-likeness (QED) is 0.555. The molecule has 4 heteroatoms. The van der Waals surface area contributed by atoms with Gasteiger partial charge in [0.05, 0.1) is 11.8 Å². The summed E-state index contributed by atoms with van der Waals surface area (Å²) < 4.78 is 7.61. The molecule has 0 spiro atoms. The first-order valence-corrected chi connectivity index (χ1v) is 6.76. The first-order chi connectivity index (χ1) is 10.3. The van der Waals surface area contributed by atoms with Crippen LogP contribution in [0.1, 0.15) is 5.82 Å². The second-order valence-corrected chi connectivity index (χ2v) is 4.89. The molecule has 4 rings (SSSR count). The summed E-state index contributed by atoms with van der Waals surface area (Å²) in [5, 5.41) is 1.12. The highest BCUT2D eigenvalue weighted by atomic mass is 16.3. The average Bonchev–Trinajstić information content (AvgIpc) is 3.15. The molecule has 102 valence electrons. The number of furan rings is 1. The highest BCUT2D eigenvalue weighted by Crippen LogP contribution is 2.30. The Kier molecular flexibility index (Phi) is 2.60. The summed E-state index contributed by atoms with van der Waals surface area (Å²) in [6, 6.07) is 12.2. The summed E-state index contributed by atoms with van der Waals surface area (Å²) in [5.41, 5.74) is 3.14. The van der Waals surface area contributed by atoms with Gasteiger partial charge >= 0.3 is 0 Å². The summed E-state index contributed by atoms with van der Waals surface area (Å²) in [7, 11) is 0. The van der Waals surface area contributed by atoms with Crippen LogP contribution in [0.15, 0.2) is 65.7 Å². The molecular weight excluding hydrogens is 262 g/mol. The normalized spacial score (nSPS) is 11.1. The summed E-state index contributed by atoms with van der Waals surface area (Å²) in [6.45, 7) is 1.95. The van der Waals surface area contributed by atoms with E-state index in [9.17, 15) is 0 Å². The molecule has 1 aromatic carbocycles. The largest absolute Gasteiger partial charge is 0.447 e. The molecule has 0 saturated carbocycles. The van der Waals surface area contributed by atoms with Gasteiger partial charge in [0.2, 0.25) is 5.88 Å². The number of fused-ring (bicyclic) bond motifs is 1. The Bertz CT molecular complexity index is 920. The van der Waals surface area contributed by atoms with E-state index in [0.717, 1.165) is 33.7 Å².